The Morgan fingerprint density at radius 3 is 1.86 bits per heavy atom. The summed E-state index contributed by atoms with van der Waals surface area (Å²) in [7, 11) is 1.58. The minimum Gasteiger partial charge on any atom is -0.465 e. The number of esters is 2. The van der Waals surface area contributed by atoms with Gasteiger partial charge in [-0.1, -0.05) is 60.8 Å². The van der Waals surface area contributed by atoms with Crippen LogP contribution in [0.25, 0.3) is 0 Å². The van der Waals surface area contributed by atoms with E-state index in [0.29, 0.717) is 26.1 Å². The van der Waals surface area contributed by atoms with E-state index in [0.717, 1.165) is 25.7 Å². The van der Waals surface area contributed by atoms with Crippen LogP contribution in [0.5, 0.6) is 0 Å². The lowest BCUT2D eigenvalue weighted by molar-refractivity contribution is -0.168. The Hall–Kier alpha value is -1.10. The summed E-state index contributed by atoms with van der Waals surface area (Å²) in [4.78, 5) is 26.1. The molecule has 5 heteroatoms. The highest BCUT2D eigenvalue weighted by molar-refractivity contribution is 5.81. The first kappa shape index (κ1) is 27.9. The molecule has 29 heavy (non-hydrogen) atoms. The molecule has 0 N–H and O–H groups in total. The Kier molecular flexibility index (Phi) is 12.1. The van der Waals surface area contributed by atoms with E-state index in [2.05, 4.69) is 27.7 Å². The third-order valence-electron chi connectivity index (χ3n) is 5.66. The van der Waals surface area contributed by atoms with E-state index >= 15 is 0 Å². The van der Waals surface area contributed by atoms with Crippen LogP contribution in [0.2, 0.25) is 0 Å². The number of ether oxygens (including phenoxy) is 3. The Balaban J connectivity index is 5.45. The van der Waals surface area contributed by atoms with Gasteiger partial charge in [-0.25, -0.2) is 0 Å². The molecule has 0 saturated heterocycles. The summed E-state index contributed by atoms with van der Waals surface area (Å²) in [5.74, 6) is -0.447. The van der Waals surface area contributed by atoms with Gasteiger partial charge in [0.15, 0.2) is 0 Å². The van der Waals surface area contributed by atoms with Crippen LogP contribution in [-0.2, 0) is 23.8 Å². The van der Waals surface area contributed by atoms with Gasteiger partial charge in [-0.05, 0) is 44.4 Å². The molecule has 172 valence electrons. The highest BCUT2D eigenvalue weighted by Gasteiger charge is 2.49. The standard InChI is InChI=1S/C24H46O5/c1-10-11-12-13-14-28-21(26)24(8,19(2)3)18-23(7,17-22(4,5)6)20(25)29-16-15-27-9/h19H,10-18H2,1-9H3. The smallest absolute Gasteiger partial charge is 0.312 e. The number of unbranched alkanes of at least 4 members (excludes halogenated alkanes) is 3. The van der Waals surface area contributed by atoms with E-state index < -0.39 is 10.8 Å². The molecular formula is C24H46O5. The Morgan fingerprint density at radius 2 is 1.38 bits per heavy atom. The van der Waals surface area contributed by atoms with E-state index in [1.54, 1.807) is 7.11 Å². The van der Waals surface area contributed by atoms with Gasteiger partial charge in [-0.15, -0.1) is 0 Å². The number of hydrogen-bond donors (Lipinski definition) is 0. The molecule has 0 heterocycles. The number of carbonyl (C=O) groups excluding carboxylic acids is 2. The van der Waals surface area contributed by atoms with Crippen LogP contribution in [0.15, 0.2) is 0 Å². The van der Waals surface area contributed by atoms with Crippen molar-refractivity contribution < 1.29 is 23.8 Å². The van der Waals surface area contributed by atoms with Gasteiger partial charge in [0, 0.05) is 7.11 Å². The molecule has 0 bridgehead atoms. The third kappa shape index (κ3) is 9.97. The van der Waals surface area contributed by atoms with Crippen LogP contribution < -0.4 is 0 Å². The van der Waals surface area contributed by atoms with Gasteiger partial charge in [0.1, 0.15) is 6.61 Å². The molecule has 0 aromatic heterocycles. The van der Waals surface area contributed by atoms with Crippen molar-refractivity contribution in [1.82, 2.24) is 0 Å². The van der Waals surface area contributed by atoms with Gasteiger partial charge < -0.3 is 14.2 Å². The van der Waals surface area contributed by atoms with Gasteiger partial charge in [0.25, 0.3) is 0 Å². The van der Waals surface area contributed by atoms with Crippen molar-refractivity contribution in [1.29, 1.82) is 0 Å². The largest absolute Gasteiger partial charge is 0.465 e. The van der Waals surface area contributed by atoms with E-state index in [1.165, 1.54) is 0 Å². The van der Waals surface area contributed by atoms with Crippen LogP contribution in [0.4, 0.5) is 0 Å². The molecule has 5 nitrogen and oxygen atoms in total. The molecule has 0 aromatic rings. The van der Waals surface area contributed by atoms with Crippen molar-refractivity contribution in [3.8, 4) is 0 Å². The van der Waals surface area contributed by atoms with Crippen LogP contribution in [-0.4, -0.2) is 38.9 Å². The average Bonchev–Trinajstić information content (AvgIpc) is 2.59. The first-order chi connectivity index (χ1) is 13.3. The summed E-state index contributed by atoms with van der Waals surface area (Å²) in [5, 5.41) is 0. The highest BCUT2D eigenvalue weighted by Crippen LogP contribution is 2.46. The van der Waals surface area contributed by atoms with Gasteiger partial charge in [-0.3, -0.25) is 9.59 Å². The molecule has 2 atom stereocenters. The van der Waals surface area contributed by atoms with Crippen LogP contribution in [0.3, 0.4) is 0 Å². The second-order valence-electron chi connectivity index (χ2n) is 10.4. The van der Waals surface area contributed by atoms with Crippen LogP contribution in [0.1, 0.15) is 93.9 Å². The molecule has 0 radical (unpaired) electrons. The van der Waals surface area contributed by atoms with Gasteiger partial charge in [0.05, 0.1) is 24.0 Å². The molecule has 0 aliphatic heterocycles. The zero-order chi connectivity index (χ0) is 22.7. The Morgan fingerprint density at radius 1 is 0.793 bits per heavy atom. The summed E-state index contributed by atoms with van der Waals surface area (Å²) in [6.07, 6.45) is 5.26. The summed E-state index contributed by atoms with van der Waals surface area (Å²) >= 11 is 0. The van der Waals surface area contributed by atoms with Gasteiger partial charge in [-0.2, -0.15) is 0 Å². The Bertz CT molecular complexity index is 494. The zero-order valence-corrected chi connectivity index (χ0v) is 20.5. The molecule has 0 spiro atoms. The minimum absolute atomic E-state index is 0.0386. The lowest BCUT2D eigenvalue weighted by Gasteiger charge is -2.41. The number of carbonyl (C=O) groups is 2. The van der Waals surface area contributed by atoms with Crippen molar-refractivity contribution in [2.24, 2.45) is 22.2 Å². The Labute approximate surface area is 179 Å². The predicted molar refractivity (Wildman–Crippen MR) is 118 cm³/mol. The van der Waals surface area contributed by atoms with Crippen molar-refractivity contribution in [3.63, 3.8) is 0 Å². The summed E-state index contributed by atoms with van der Waals surface area (Å²) < 4.78 is 16.2. The lowest BCUT2D eigenvalue weighted by Crippen LogP contribution is -2.45. The molecule has 0 aromatic carbocycles. The maximum absolute atomic E-state index is 13.1. The fourth-order valence-corrected chi connectivity index (χ4v) is 3.95. The number of hydrogen-bond acceptors (Lipinski definition) is 5. The molecule has 0 aliphatic carbocycles. The van der Waals surface area contributed by atoms with Gasteiger partial charge in [0.2, 0.25) is 0 Å². The zero-order valence-electron chi connectivity index (χ0n) is 20.5. The van der Waals surface area contributed by atoms with Crippen molar-refractivity contribution in [2.75, 3.05) is 26.9 Å². The molecular weight excluding hydrogens is 368 g/mol. The van der Waals surface area contributed by atoms with E-state index in [-0.39, 0.29) is 29.9 Å². The van der Waals surface area contributed by atoms with Crippen molar-refractivity contribution >= 4 is 11.9 Å². The maximum atomic E-state index is 13.1. The fraction of sp³-hybridized carbons (Fsp3) is 0.917. The highest BCUT2D eigenvalue weighted by atomic mass is 16.6. The monoisotopic (exact) mass is 414 g/mol. The molecule has 2 unspecified atom stereocenters. The summed E-state index contributed by atoms with van der Waals surface area (Å²) in [6.45, 7) is 17.4. The quantitative estimate of drug-likeness (QED) is 0.266. The molecule has 0 saturated carbocycles. The average molecular weight is 415 g/mol. The second kappa shape index (κ2) is 12.6. The molecule has 0 fully saturated rings. The lowest BCUT2D eigenvalue weighted by atomic mass is 9.63. The van der Waals surface area contributed by atoms with Gasteiger partial charge >= 0.3 is 11.9 Å². The first-order valence-corrected chi connectivity index (χ1v) is 11.2. The predicted octanol–water partition coefficient (Wildman–Crippen LogP) is 5.79. The molecule has 0 amide bonds. The molecule has 0 aliphatic rings. The first-order valence-electron chi connectivity index (χ1n) is 11.2. The maximum Gasteiger partial charge on any atom is 0.312 e. The fourth-order valence-electron chi connectivity index (χ4n) is 3.95. The number of rotatable bonds is 14. The van der Waals surface area contributed by atoms with Crippen LogP contribution in [0, 0.1) is 22.2 Å². The summed E-state index contributed by atoms with van der Waals surface area (Å²) in [5.41, 5.74) is -1.63. The number of methoxy groups -OCH3 is 1. The summed E-state index contributed by atoms with van der Waals surface area (Å²) in [6, 6.07) is 0. The third-order valence-corrected chi connectivity index (χ3v) is 5.66. The second-order valence-corrected chi connectivity index (χ2v) is 10.4. The van der Waals surface area contributed by atoms with E-state index in [1.807, 2.05) is 27.7 Å². The normalized spacial score (nSPS) is 16.2. The SMILES string of the molecule is CCCCCCOC(=O)C(C)(CC(C)(CC(C)(C)C)C(=O)OCCOC)C(C)C. The van der Waals surface area contributed by atoms with Crippen molar-refractivity contribution in [2.45, 2.75) is 93.9 Å². The van der Waals surface area contributed by atoms with E-state index in [9.17, 15) is 9.59 Å². The molecule has 0 rings (SSSR count). The van der Waals surface area contributed by atoms with Crippen molar-refractivity contribution in [3.05, 3.63) is 0 Å². The topological polar surface area (TPSA) is 61.8 Å². The minimum atomic E-state index is -0.785. The van der Waals surface area contributed by atoms with Crippen LogP contribution >= 0.6 is 0 Å². The van der Waals surface area contributed by atoms with E-state index in [4.69, 9.17) is 14.2 Å².